The molecule has 1 saturated heterocycles. The molecular weight excluding hydrogens is 452 g/mol. The Morgan fingerprint density at radius 3 is 2.94 bits per heavy atom. The lowest BCUT2D eigenvalue weighted by molar-refractivity contribution is -0.131. The maximum absolute atomic E-state index is 13.6. The molecule has 172 valence electrons. The van der Waals surface area contributed by atoms with Crippen molar-refractivity contribution in [2.75, 3.05) is 18.4 Å². The first-order valence-corrected chi connectivity index (χ1v) is 11.0. The molecule has 1 aliphatic heterocycles. The van der Waals surface area contributed by atoms with Crippen molar-refractivity contribution >= 4 is 29.1 Å². The normalized spacial score (nSPS) is 21.1. The number of nitrogens with one attached hydrogen (secondary N) is 2. The number of halogens is 3. The third kappa shape index (κ3) is 5.06. The molecule has 10 heteroatoms. The molecule has 2 aliphatic rings. The molecule has 2 N–H and O–H groups in total. The highest BCUT2D eigenvalue weighted by Crippen LogP contribution is 2.35. The number of nitrogens with zero attached hydrogens (tertiary/aromatic N) is 3. The molecule has 0 spiro atoms. The van der Waals surface area contributed by atoms with Gasteiger partial charge in [0.15, 0.2) is 0 Å². The van der Waals surface area contributed by atoms with Crippen LogP contribution in [0.2, 0.25) is 5.02 Å². The largest absolute Gasteiger partial charge is 0.376 e. The van der Waals surface area contributed by atoms with Gasteiger partial charge in [0, 0.05) is 17.6 Å². The van der Waals surface area contributed by atoms with Crippen LogP contribution in [0.5, 0.6) is 0 Å². The fourth-order valence-electron chi connectivity index (χ4n) is 4.38. The quantitative estimate of drug-likeness (QED) is 0.689. The fraction of sp³-hybridized carbons (Fsp3) is 0.391. The Hall–Kier alpha value is -3.25. The molecule has 0 saturated carbocycles. The van der Waals surface area contributed by atoms with E-state index in [4.69, 9.17) is 16.9 Å². The zero-order valence-corrected chi connectivity index (χ0v) is 18.4. The number of rotatable bonds is 5. The number of fused-ring (bicyclic) bond motifs is 1. The Bertz CT molecular complexity index is 1120. The average molecular weight is 474 g/mol. The SMILES string of the molecule is N#C[C@@H]1CC(F)(F)CN1C(=O)CNC(=O)c1ccncc1NC1CCCc2cc(Cl)ccc21. The number of amides is 2. The van der Waals surface area contributed by atoms with E-state index < -0.39 is 43.3 Å². The van der Waals surface area contributed by atoms with Gasteiger partial charge in [0.05, 0.1) is 42.6 Å². The highest BCUT2D eigenvalue weighted by Gasteiger charge is 2.47. The van der Waals surface area contributed by atoms with E-state index in [0.29, 0.717) is 10.7 Å². The minimum Gasteiger partial charge on any atom is -0.376 e. The average Bonchev–Trinajstić information content (AvgIpc) is 3.12. The van der Waals surface area contributed by atoms with Gasteiger partial charge in [-0.05, 0) is 48.6 Å². The summed E-state index contributed by atoms with van der Waals surface area (Å²) < 4.78 is 27.2. The van der Waals surface area contributed by atoms with Gasteiger partial charge in [-0.3, -0.25) is 14.6 Å². The Balaban J connectivity index is 1.44. The van der Waals surface area contributed by atoms with Crippen LogP contribution in [0.25, 0.3) is 0 Å². The standard InChI is InChI=1S/C23H22ClF2N5O2/c24-15-4-5-17-14(8-15)2-1-3-19(17)30-20-11-28-7-6-18(20)22(33)29-12-21(32)31-13-23(25,26)9-16(31)10-27/h4-8,11,16,19,30H,1-3,9,12-13H2,(H,29,33)/t16-,19?/m0/s1. The van der Waals surface area contributed by atoms with E-state index in [0.717, 1.165) is 35.3 Å². The Morgan fingerprint density at radius 2 is 2.15 bits per heavy atom. The second-order valence-electron chi connectivity index (χ2n) is 8.26. The maximum atomic E-state index is 13.6. The van der Waals surface area contributed by atoms with Crippen molar-refractivity contribution in [2.24, 2.45) is 0 Å². The molecule has 0 bridgehead atoms. The molecule has 2 heterocycles. The number of anilines is 1. The first-order chi connectivity index (χ1) is 15.8. The number of nitriles is 1. The Labute approximate surface area is 194 Å². The second kappa shape index (κ2) is 9.32. The summed E-state index contributed by atoms with van der Waals surface area (Å²) in [5.74, 6) is -4.38. The fourth-order valence-corrected chi connectivity index (χ4v) is 4.57. The number of hydrogen-bond acceptors (Lipinski definition) is 5. The molecule has 2 atom stereocenters. The van der Waals surface area contributed by atoms with Crippen LogP contribution in [0.15, 0.2) is 36.7 Å². The zero-order chi connectivity index (χ0) is 23.6. The van der Waals surface area contributed by atoms with Crippen LogP contribution in [0.1, 0.15) is 46.8 Å². The minimum absolute atomic E-state index is 0.0355. The van der Waals surface area contributed by atoms with Crippen LogP contribution in [-0.4, -0.2) is 46.8 Å². The maximum Gasteiger partial charge on any atom is 0.268 e. The van der Waals surface area contributed by atoms with Crippen LogP contribution >= 0.6 is 11.6 Å². The van der Waals surface area contributed by atoms with E-state index in [9.17, 15) is 18.4 Å². The summed E-state index contributed by atoms with van der Waals surface area (Å²) in [6.45, 7) is -1.31. The van der Waals surface area contributed by atoms with Crippen molar-refractivity contribution in [3.63, 3.8) is 0 Å². The van der Waals surface area contributed by atoms with Crippen LogP contribution in [0.4, 0.5) is 14.5 Å². The van der Waals surface area contributed by atoms with E-state index >= 15 is 0 Å². The van der Waals surface area contributed by atoms with E-state index in [1.54, 1.807) is 6.07 Å². The molecule has 7 nitrogen and oxygen atoms in total. The van der Waals surface area contributed by atoms with Gasteiger partial charge < -0.3 is 15.5 Å². The molecule has 1 aromatic carbocycles. The summed E-state index contributed by atoms with van der Waals surface area (Å²) in [6, 6.07) is 7.76. The number of aromatic nitrogens is 1. The molecule has 2 aromatic rings. The molecule has 4 rings (SSSR count). The summed E-state index contributed by atoms with van der Waals surface area (Å²) in [5.41, 5.74) is 3.04. The Kier molecular flexibility index (Phi) is 6.47. The molecule has 1 aliphatic carbocycles. The van der Waals surface area contributed by atoms with Crippen LogP contribution in [-0.2, 0) is 11.2 Å². The van der Waals surface area contributed by atoms with Gasteiger partial charge in [0.1, 0.15) is 6.04 Å². The van der Waals surface area contributed by atoms with Crippen molar-refractivity contribution in [3.8, 4) is 6.07 Å². The van der Waals surface area contributed by atoms with E-state index in [-0.39, 0.29) is 11.6 Å². The lowest BCUT2D eigenvalue weighted by Gasteiger charge is -2.28. The van der Waals surface area contributed by atoms with Crippen LogP contribution in [0.3, 0.4) is 0 Å². The lowest BCUT2D eigenvalue weighted by Crippen LogP contribution is -2.43. The van der Waals surface area contributed by atoms with Gasteiger partial charge in [-0.1, -0.05) is 17.7 Å². The smallest absolute Gasteiger partial charge is 0.268 e. The minimum atomic E-state index is -3.11. The number of alkyl halides is 2. The van der Waals surface area contributed by atoms with Gasteiger partial charge in [0.25, 0.3) is 11.8 Å². The van der Waals surface area contributed by atoms with Crippen molar-refractivity contribution < 1.29 is 18.4 Å². The molecule has 2 amide bonds. The third-order valence-electron chi connectivity index (χ3n) is 5.95. The predicted molar refractivity (Wildman–Crippen MR) is 118 cm³/mol. The first-order valence-electron chi connectivity index (χ1n) is 10.6. The van der Waals surface area contributed by atoms with Crippen molar-refractivity contribution in [1.82, 2.24) is 15.2 Å². The zero-order valence-electron chi connectivity index (χ0n) is 17.7. The molecular formula is C23H22ClF2N5O2. The number of carbonyl (C=O) groups is 2. The third-order valence-corrected chi connectivity index (χ3v) is 6.19. The number of pyridine rings is 1. The Morgan fingerprint density at radius 1 is 1.33 bits per heavy atom. The summed E-state index contributed by atoms with van der Waals surface area (Å²) in [5, 5.41) is 15.6. The van der Waals surface area contributed by atoms with Crippen LogP contribution in [0, 0.1) is 11.3 Å². The van der Waals surface area contributed by atoms with Gasteiger partial charge in [0.2, 0.25) is 5.91 Å². The summed E-state index contributed by atoms with van der Waals surface area (Å²) in [7, 11) is 0. The van der Waals surface area contributed by atoms with E-state index in [2.05, 4.69) is 15.6 Å². The molecule has 33 heavy (non-hydrogen) atoms. The monoisotopic (exact) mass is 473 g/mol. The van der Waals surface area contributed by atoms with E-state index in [1.165, 1.54) is 18.5 Å². The highest BCUT2D eigenvalue weighted by molar-refractivity contribution is 6.30. The topological polar surface area (TPSA) is 98.1 Å². The predicted octanol–water partition coefficient (Wildman–Crippen LogP) is 3.71. The number of benzene rings is 1. The van der Waals surface area contributed by atoms with Gasteiger partial charge in [-0.15, -0.1) is 0 Å². The van der Waals surface area contributed by atoms with Crippen molar-refractivity contribution in [1.29, 1.82) is 5.26 Å². The number of likely N-dealkylation sites (tertiary alicyclic amines) is 1. The van der Waals surface area contributed by atoms with Crippen molar-refractivity contribution in [3.05, 3.63) is 58.4 Å². The molecule has 1 unspecified atom stereocenters. The molecule has 1 fully saturated rings. The summed E-state index contributed by atoms with van der Waals surface area (Å²) in [4.78, 5) is 30.1. The number of carbonyl (C=O) groups excluding carboxylic acids is 2. The van der Waals surface area contributed by atoms with E-state index in [1.807, 2.05) is 18.2 Å². The van der Waals surface area contributed by atoms with Crippen molar-refractivity contribution in [2.45, 2.75) is 43.7 Å². The first kappa shape index (κ1) is 22.9. The second-order valence-corrected chi connectivity index (χ2v) is 8.70. The number of aryl methyl sites for hydroxylation is 1. The van der Waals surface area contributed by atoms with Gasteiger partial charge >= 0.3 is 0 Å². The summed E-state index contributed by atoms with van der Waals surface area (Å²) >= 11 is 6.12. The molecule has 1 aromatic heterocycles. The lowest BCUT2D eigenvalue weighted by atomic mass is 9.87. The highest BCUT2D eigenvalue weighted by atomic mass is 35.5. The van der Waals surface area contributed by atoms with Gasteiger partial charge in [-0.25, -0.2) is 8.78 Å². The molecule has 0 radical (unpaired) electrons. The van der Waals surface area contributed by atoms with Gasteiger partial charge in [-0.2, -0.15) is 5.26 Å². The number of hydrogen-bond donors (Lipinski definition) is 2. The summed E-state index contributed by atoms with van der Waals surface area (Å²) in [6.07, 6.45) is 5.05. The van der Waals surface area contributed by atoms with Crippen LogP contribution < -0.4 is 10.6 Å².